The molecule has 2 unspecified atom stereocenters. The fourth-order valence-corrected chi connectivity index (χ4v) is 4.07. The molecular formula is C24H25F2NO. The number of fused-ring (bicyclic) bond motifs is 1. The molecule has 0 aliphatic carbocycles. The van der Waals surface area contributed by atoms with Gasteiger partial charge in [-0.1, -0.05) is 36.4 Å². The minimum atomic E-state index is -1.18. The Balaban J connectivity index is 1.88. The van der Waals surface area contributed by atoms with Crippen LogP contribution in [0.15, 0.2) is 54.6 Å². The molecule has 146 valence electrons. The Kier molecular flexibility index (Phi) is 5.31. The highest BCUT2D eigenvalue weighted by atomic mass is 19.1. The first kappa shape index (κ1) is 18.9. The number of alkyl halides is 1. The summed E-state index contributed by atoms with van der Waals surface area (Å²) in [5.74, 6) is -0.252. The first-order chi connectivity index (χ1) is 13.5. The van der Waals surface area contributed by atoms with Gasteiger partial charge in [0, 0.05) is 34.6 Å². The fourth-order valence-electron chi connectivity index (χ4n) is 4.07. The van der Waals surface area contributed by atoms with E-state index >= 15 is 0 Å². The molecule has 2 atom stereocenters. The third kappa shape index (κ3) is 3.61. The molecule has 4 rings (SSSR count). The molecule has 0 bridgehead atoms. The molecule has 2 aromatic carbocycles. The number of rotatable bonds is 4. The number of ether oxygens (including phenoxy) is 1. The standard InChI is InChI=1S/C24H25F2NO/c1-16(2)27-21-8-4-3-7-20(21)24(17-10-12-18(25)13-11-17)22(27)15-14-19-6-5-9-23(26)28-19/h3-4,7-8,10-16,19,23H,5-6,9H2,1-2H3. The second kappa shape index (κ2) is 7.88. The van der Waals surface area contributed by atoms with Crippen LogP contribution in [0.3, 0.4) is 0 Å². The third-order valence-electron chi connectivity index (χ3n) is 5.31. The molecule has 0 saturated carbocycles. The van der Waals surface area contributed by atoms with Crippen LogP contribution in [0.4, 0.5) is 8.78 Å². The van der Waals surface area contributed by atoms with E-state index in [1.165, 1.54) is 12.1 Å². The summed E-state index contributed by atoms with van der Waals surface area (Å²) < 4.78 is 34.8. The van der Waals surface area contributed by atoms with Crippen LogP contribution in [-0.2, 0) is 4.74 Å². The van der Waals surface area contributed by atoms with E-state index in [0.29, 0.717) is 6.42 Å². The summed E-state index contributed by atoms with van der Waals surface area (Å²) in [6.45, 7) is 4.29. The minimum absolute atomic E-state index is 0.219. The summed E-state index contributed by atoms with van der Waals surface area (Å²) in [7, 11) is 0. The maximum atomic E-state index is 13.6. The molecule has 28 heavy (non-hydrogen) atoms. The van der Waals surface area contributed by atoms with Gasteiger partial charge < -0.3 is 9.30 Å². The van der Waals surface area contributed by atoms with Crippen LogP contribution in [0.1, 0.15) is 44.8 Å². The zero-order valence-electron chi connectivity index (χ0n) is 16.2. The molecule has 0 N–H and O–H groups in total. The zero-order valence-corrected chi connectivity index (χ0v) is 16.2. The number of aromatic nitrogens is 1. The van der Waals surface area contributed by atoms with Gasteiger partial charge in [-0.25, -0.2) is 8.78 Å². The molecule has 1 saturated heterocycles. The van der Waals surface area contributed by atoms with Crippen LogP contribution in [-0.4, -0.2) is 17.0 Å². The van der Waals surface area contributed by atoms with Crippen molar-refractivity contribution >= 4 is 17.0 Å². The molecule has 1 aliphatic heterocycles. The highest BCUT2D eigenvalue weighted by Gasteiger charge is 2.21. The van der Waals surface area contributed by atoms with Gasteiger partial charge in [0.25, 0.3) is 0 Å². The lowest BCUT2D eigenvalue weighted by atomic mass is 10.0. The lowest BCUT2D eigenvalue weighted by Gasteiger charge is -2.23. The first-order valence-electron chi connectivity index (χ1n) is 9.91. The Morgan fingerprint density at radius 1 is 1.07 bits per heavy atom. The number of benzene rings is 2. The normalized spacial score (nSPS) is 20.5. The highest BCUT2D eigenvalue weighted by molar-refractivity contribution is 6.01. The fraction of sp³-hybridized carbons (Fsp3) is 0.333. The van der Waals surface area contributed by atoms with Crippen LogP contribution >= 0.6 is 0 Å². The van der Waals surface area contributed by atoms with Crippen molar-refractivity contribution < 1.29 is 13.5 Å². The maximum absolute atomic E-state index is 13.6. The van der Waals surface area contributed by atoms with Crippen LogP contribution in [0.25, 0.3) is 28.1 Å². The topological polar surface area (TPSA) is 14.2 Å². The van der Waals surface area contributed by atoms with Crippen LogP contribution in [0, 0.1) is 5.82 Å². The van der Waals surface area contributed by atoms with Gasteiger partial charge in [0.05, 0.1) is 6.10 Å². The van der Waals surface area contributed by atoms with Crippen molar-refractivity contribution in [1.82, 2.24) is 4.57 Å². The van der Waals surface area contributed by atoms with Gasteiger partial charge in [-0.15, -0.1) is 0 Å². The van der Waals surface area contributed by atoms with E-state index in [2.05, 4.69) is 30.5 Å². The molecule has 2 heterocycles. The molecule has 0 radical (unpaired) electrons. The number of halogens is 2. The van der Waals surface area contributed by atoms with Crippen molar-refractivity contribution in [2.24, 2.45) is 0 Å². The predicted octanol–water partition coefficient (Wildman–Crippen LogP) is 6.91. The van der Waals surface area contributed by atoms with Gasteiger partial charge in [-0.2, -0.15) is 0 Å². The van der Waals surface area contributed by atoms with Crippen LogP contribution in [0.5, 0.6) is 0 Å². The van der Waals surface area contributed by atoms with E-state index in [0.717, 1.165) is 40.6 Å². The second-order valence-corrected chi connectivity index (χ2v) is 7.62. The summed E-state index contributed by atoms with van der Waals surface area (Å²) in [4.78, 5) is 0. The predicted molar refractivity (Wildman–Crippen MR) is 110 cm³/mol. The Morgan fingerprint density at radius 2 is 1.82 bits per heavy atom. The van der Waals surface area contributed by atoms with Gasteiger partial charge in [0.2, 0.25) is 0 Å². The lowest BCUT2D eigenvalue weighted by molar-refractivity contribution is -0.0981. The monoisotopic (exact) mass is 381 g/mol. The van der Waals surface area contributed by atoms with E-state index in [-0.39, 0.29) is 18.0 Å². The average molecular weight is 381 g/mol. The summed E-state index contributed by atoms with van der Waals surface area (Å²) in [6, 6.07) is 15.1. The largest absolute Gasteiger partial charge is 0.341 e. The maximum Gasteiger partial charge on any atom is 0.199 e. The number of hydrogen-bond acceptors (Lipinski definition) is 1. The Hall–Kier alpha value is -2.46. The van der Waals surface area contributed by atoms with Crippen LogP contribution < -0.4 is 0 Å². The second-order valence-electron chi connectivity index (χ2n) is 7.62. The van der Waals surface area contributed by atoms with E-state index < -0.39 is 6.36 Å². The Morgan fingerprint density at radius 3 is 2.54 bits per heavy atom. The van der Waals surface area contributed by atoms with Crippen LogP contribution in [0.2, 0.25) is 0 Å². The SMILES string of the molecule is CC(C)n1c(C=CC2CCCC(F)O2)c(-c2ccc(F)cc2)c2ccccc21. The smallest absolute Gasteiger partial charge is 0.199 e. The Labute approximate surface area is 164 Å². The van der Waals surface area contributed by atoms with E-state index in [1.807, 2.05) is 36.4 Å². The van der Waals surface area contributed by atoms with E-state index in [1.54, 1.807) is 0 Å². The molecule has 0 amide bonds. The average Bonchev–Trinajstić information content (AvgIpc) is 3.01. The number of nitrogens with zero attached hydrogens (tertiary/aromatic N) is 1. The highest BCUT2D eigenvalue weighted by Crippen LogP contribution is 2.38. The summed E-state index contributed by atoms with van der Waals surface area (Å²) in [5, 5.41) is 1.12. The number of hydrogen-bond donors (Lipinski definition) is 0. The van der Waals surface area contributed by atoms with Gasteiger partial charge in [0.15, 0.2) is 6.36 Å². The molecule has 1 aromatic heterocycles. The van der Waals surface area contributed by atoms with Crippen molar-refractivity contribution in [3.05, 3.63) is 66.1 Å². The van der Waals surface area contributed by atoms with Gasteiger partial charge in [-0.05, 0) is 56.5 Å². The Bertz CT molecular complexity index is 988. The van der Waals surface area contributed by atoms with Gasteiger partial charge in [-0.3, -0.25) is 0 Å². The van der Waals surface area contributed by atoms with Crippen molar-refractivity contribution in [2.75, 3.05) is 0 Å². The molecule has 3 aromatic rings. The van der Waals surface area contributed by atoms with Gasteiger partial charge in [0.1, 0.15) is 5.82 Å². The van der Waals surface area contributed by atoms with Crippen molar-refractivity contribution in [3.63, 3.8) is 0 Å². The van der Waals surface area contributed by atoms with Crippen molar-refractivity contribution in [1.29, 1.82) is 0 Å². The molecule has 1 fully saturated rings. The quantitative estimate of drug-likeness (QED) is 0.479. The first-order valence-corrected chi connectivity index (χ1v) is 9.91. The summed E-state index contributed by atoms with van der Waals surface area (Å²) in [5.41, 5.74) is 4.19. The summed E-state index contributed by atoms with van der Waals surface area (Å²) in [6.07, 6.45) is 4.73. The third-order valence-corrected chi connectivity index (χ3v) is 5.31. The summed E-state index contributed by atoms with van der Waals surface area (Å²) >= 11 is 0. The zero-order chi connectivity index (χ0) is 19.7. The minimum Gasteiger partial charge on any atom is -0.341 e. The van der Waals surface area contributed by atoms with E-state index in [9.17, 15) is 8.78 Å². The molecule has 4 heteroatoms. The van der Waals surface area contributed by atoms with Crippen molar-refractivity contribution in [3.8, 4) is 11.1 Å². The molecule has 1 aliphatic rings. The molecule has 2 nitrogen and oxygen atoms in total. The van der Waals surface area contributed by atoms with E-state index in [4.69, 9.17) is 4.74 Å². The molecule has 0 spiro atoms. The van der Waals surface area contributed by atoms with Crippen molar-refractivity contribution in [2.45, 2.75) is 51.6 Å². The van der Waals surface area contributed by atoms with Gasteiger partial charge >= 0.3 is 0 Å². The molecular weight excluding hydrogens is 356 g/mol. The lowest BCUT2D eigenvalue weighted by Crippen LogP contribution is -2.22. The number of para-hydroxylation sites is 1.